The number of aromatic nitrogens is 4. The van der Waals surface area contributed by atoms with Gasteiger partial charge in [-0.05, 0) is 56.8 Å². The third kappa shape index (κ3) is 8.71. The van der Waals surface area contributed by atoms with E-state index in [4.69, 9.17) is 9.47 Å². The highest BCUT2D eigenvalue weighted by Crippen LogP contribution is 2.27. The number of ether oxygens (including phenoxy) is 2. The molecule has 3 fully saturated rings. The molecule has 2 aromatic heterocycles. The molecule has 5 heterocycles. The van der Waals surface area contributed by atoms with E-state index >= 15 is 4.39 Å². The lowest BCUT2D eigenvalue weighted by Gasteiger charge is -2.38. The number of H-pyrrole nitrogens is 2. The Hall–Kier alpha value is -4.05. The van der Waals surface area contributed by atoms with Crippen LogP contribution in [-0.4, -0.2) is 107 Å². The van der Waals surface area contributed by atoms with E-state index in [-0.39, 0.29) is 5.39 Å². The van der Waals surface area contributed by atoms with Crippen LogP contribution >= 0.6 is 11.8 Å². The number of piperidine rings is 1. The number of hydrogen-bond acceptors (Lipinski definition) is 10. The van der Waals surface area contributed by atoms with Gasteiger partial charge in [0.05, 0.1) is 29.3 Å². The summed E-state index contributed by atoms with van der Waals surface area (Å²) < 4.78 is 42.8. The summed E-state index contributed by atoms with van der Waals surface area (Å²) in [5.41, 5.74) is -0.405. The molecule has 0 atom stereocenters. The van der Waals surface area contributed by atoms with Gasteiger partial charge in [-0.3, -0.25) is 24.0 Å². The molecule has 2 N–H and O–H groups in total. The van der Waals surface area contributed by atoms with E-state index in [0.717, 1.165) is 78.2 Å². The fourth-order valence-electron chi connectivity index (χ4n) is 7.05. The van der Waals surface area contributed by atoms with E-state index in [1.807, 2.05) is 4.90 Å². The van der Waals surface area contributed by atoms with Crippen LogP contribution in [0.3, 0.4) is 0 Å². The molecule has 51 heavy (non-hydrogen) atoms. The second-order valence-electron chi connectivity index (χ2n) is 13.5. The standard InChI is InChI=1S/C36H43F2N7O5S/c37-28-19-25(45-10-5-33(46)41-36(45)48)1-2-31(28)44-15-13-43(14-16-44)12-11-42-8-3-24(4-9-42)22-50-26-20-29(38)34-30(21-26)39-32(40-35(34)47)23-51-27-6-17-49-18-7-27/h1-2,5,10,19-21,24,27H,3-4,6-9,11-18,22-23H2,(H,39,40,47)(H,41,46,48). The van der Waals surface area contributed by atoms with Crippen molar-refractivity contribution in [3.63, 3.8) is 0 Å². The van der Waals surface area contributed by atoms with Gasteiger partial charge in [-0.25, -0.2) is 18.6 Å². The lowest BCUT2D eigenvalue weighted by Crippen LogP contribution is -2.49. The Morgan fingerprint density at radius 1 is 0.863 bits per heavy atom. The van der Waals surface area contributed by atoms with Gasteiger partial charge < -0.3 is 24.3 Å². The van der Waals surface area contributed by atoms with E-state index in [1.165, 1.54) is 29.0 Å². The number of benzene rings is 2. The van der Waals surface area contributed by atoms with Crippen LogP contribution < -0.4 is 26.4 Å². The first-order valence-corrected chi connectivity index (χ1v) is 18.7. The molecular formula is C36H43F2N7O5S. The molecule has 0 amide bonds. The summed E-state index contributed by atoms with van der Waals surface area (Å²) in [7, 11) is 0. The highest BCUT2D eigenvalue weighted by atomic mass is 32.2. The number of nitrogens with zero attached hydrogens (tertiary/aromatic N) is 5. The van der Waals surface area contributed by atoms with Gasteiger partial charge in [0, 0.05) is 88.2 Å². The highest BCUT2D eigenvalue weighted by molar-refractivity contribution is 7.99. The molecule has 0 radical (unpaired) electrons. The number of piperazine rings is 1. The first-order chi connectivity index (χ1) is 24.8. The van der Waals surface area contributed by atoms with Crippen LogP contribution in [0.15, 0.2) is 57.0 Å². The van der Waals surface area contributed by atoms with Gasteiger partial charge in [0.1, 0.15) is 28.6 Å². The zero-order valence-corrected chi connectivity index (χ0v) is 29.3. The predicted molar refractivity (Wildman–Crippen MR) is 193 cm³/mol. The molecule has 272 valence electrons. The second kappa shape index (κ2) is 16.1. The van der Waals surface area contributed by atoms with E-state index in [1.54, 1.807) is 30.0 Å². The maximum absolute atomic E-state index is 15.1. The molecule has 3 aliphatic heterocycles. The fourth-order valence-corrected chi connectivity index (χ4v) is 8.10. The Morgan fingerprint density at radius 2 is 1.61 bits per heavy atom. The van der Waals surface area contributed by atoms with Crippen molar-refractivity contribution in [1.29, 1.82) is 0 Å². The van der Waals surface area contributed by atoms with Crippen molar-refractivity contribution in [3.05, 3.63) is 91.2 Å². The number of fused-ring (bicyclic) bond motifs is 1. The molecule has 0 spiro atoms. The third-order valence-electron chi connectivity index (χ3n) is 10.1. The van der Waals surface area contributed by atoms with Gasteiger partial charge in [-0.15, -0.1) is 0 Å². The number of hydrogen-bond donors (Lipinski definition) is 2. The van der Waals surface area contributed by atoms with Gasteiger partial charge in [0.25, 0.3) is 11.1 Å². The summed E-state index contributed by atoms with van der Waals surface area (Å²) in [6.07, 6.45) is 5.25. The smallest absolute Gasteiger partial charge is 0.332 e. The molecule has 2 aromatic carbocycles. The topological polar surface area (TPSA) is 129 Å². The molecule has 4 aromatic rings. The van der Waals surface area contributed by atoms with Crippen molar-refractivity contribution in [1.82, 2.24) is 29.3 Å². The number of halogens is 2. The minimum atomic E-state index is -0.626. The lowest BCUT2D eigenvalue weighted by molar-refractivity contribution is 0.1000. The van der Waals surface area contributed by atoms with Crippen LogP contribution in [0.4, 0.5) is 14.5 Å². The van der Waals surface area contributed by atoms with Crippen molar-refractivity contribution in [2.24, 2.45) is 5.92 Å². The average molecular weight is 724 g/mol. The van der Waals surface area contributed by atoms with Gasteiger partial charge in [0.2, 0.25) is 0 Å². The molecule has 15 heteroatoms. The van der Waals surface area contributed by atoms with Crippen molar-refractivity contribution in [2.75, 3.05) is 77.1 Å². The first kappa shape index (κ1) is 35.4. The fraction of sp³-hybridized carbons (Fsp3) is 0.500. The SMILES string of the molecule is O=c1ccn(-c2ccc(N3CCN(CCN4CCC(COc5cc(F)c6c(=O)[nH]c(CSC7CCOCC7)nc6c5)CC4)CC3)c(F)c2)c(=O)[nH]1. The van der Waals surface area contributed by atoms with Gasteiger partial charge in [-0.2, -0.15) is 11.8 Å². The van der Waals surface area contributed by atoms with E-state index in [0.29, 0.717) is 65.1 Å². The van der Waals surface area contributed by atoms with E-state index in [2.05, 4.69) is 24.8 Å². The molecule has 3 aliphatic rings. The van der Waals surface area contributed by atoms with Crippen molar-refractivity contribution in [3.8, 4) is 11.4 Å². The first-order valence-electron chi connectivity index (χ1n) is 17.7. The minimum absolute atomic E-state index is 0.0408. The zero-order chi connectivity index (χ0) is 35.3. The Labute approximate surface area is 297 Å². The number of rotatable bonds is 11. The molecule has 0 unspecified atom stereocenters. The van der Waals surface area contributed by atoms with Gasteiger partial charge in [0.15, 0.2) is 0 Å². The molecule has 0 saturated carbocycles. The molecule has 12 nitrogen and oxygen atoms in total. The molecule has 3 saturated heterocycles. The second-order valence-corrected chi connectivity index (χ2v) is 14.8. The Bertz CT molecular complexity index is 2000. The monoisotopic (exact) mass is 723 g/mol. The Kier molecular flexibility index (Phi) is 11.2. The van der Waals surface area contributed by atoms with Gasteiger partial charge >= 0.3 is 5.69 Å². The minimum Gasteiger partial charge on any atom is -0.493 e. The van der Waals surface area contributed by atoms with Crippen molar-refractivity contribution >= 4 is 28.4 Å². The Morgan fingerprint density at radius 3 is 2.33 bits per heavy atom. The Balaban J connectivity index is 0.842. The molecular weight excluding hydrogens is 681 g/mol. The van der Waals surface area contributed by atoms with Crippen LogP contribution in [0.1, 0.15) is 31.5 Å². The van der Waals surface area contributed by atoms with Crippen LogP contribution in [0, 0.1) is 17.6 Å². The largest absolute Gasteiger partial charge is 0.493 e. The van der Waals surface area contributed by atoms with Crippen LogP contribution in [-0.2, 0) is 10.5 Å². The summed E-state index contributed by atoms with van der Waals surface area (Å²) in [6.45, 7) is 8.83. The average Bonchev–Trinajstić information content (AvgIpc) is 3.13. The number of aromatic amines is 2. The molecule has 0 bridgehead atoms. The lowest BCUT2D eigenvalue weighted by atomic mass is 9.98. The quantitative estimate of drug-likeness (QED) is 0.238. The van der Waals surface area contributed by atoms with E-state index < -0.39 is 28.4 Å². The van der Waals surface area contributed by atoms with Crippen molar-refractivity contribution < 1.29 is 18.3 Å². The predicted octanol–water partition coefficient (Wildman–Crippen LogP) is 3.37. The van der Waals surface area contributed by atoms with Crippen LogP contribution in [0.2, 0.25) is 0 Å². The summed E-state index contributed by atoms with van der Waals surface area (Å²) >= 11 is 1.74. The summed E-state index contributed by atoms with van der Waals surface area (Å²) in [5.74, 6) is 0.804. The normalized spacial score (nSPS) is 18.4. The highest BCUT2D eigenvalue weighted by Gasteiger charge is 2.24. The van der Waals surface area contributed by atoms with E-state index in [9.17, 15) is 18.8 Å². The number of anilines is 1. The van der Waals surface area contributed by atoms with Crippen molar-refractivity contribution in [2.45, 2.75) is 36.7 Å². The van der Waals surface area contributed by atoms with Gasteiger partial charge in [-0.1, -0.05) is 0 Å². The third-order valence-corrected chi connectivity index (χ3v) is 11.5. The number of likely N-dealkylation sites (tertiary alicyclic amines) is 1. The maximum Gasteiger partial charge on any atom is 0.332 e. The van der Waals surface area contributed by atoms with Crippen LogP contribution in [0.25, 0.3) is 16.6 Å². The maximum atomic E-state index is 15.1. The molecule has 0 aliphatic carbocycles. The number of thioether (sulfide) groups is 1. The summed E-state index contributed by atoms with van der Waals surface area (Å²) in [5, 5.41) is 0.422. The summed E-state index contributed by atoms with van der Waals surface area (Å²) in [4.78, 5) is 52.5. The summed E-state index contributed by atoms with van der Waals surface area (Å²) in [6, 6.07) is 8.87. The van der Waals surface area contributed by atoms with Crippen LogP contribution in [0.5, 0.6) is 5.75 Å². The zero-order valence-electron chi connectivity index (χ0n) is 28.5. The number of nitrogens with one attached hydrogen (secondary N) is 2. The molecule has 7 rings (SSSR count).